The summed E-state index contributed by atoms with van der Waals surface area (Å²) in [5.74, 6) is -1.22. The van der Waals surface area contributed by atoms with Crippen LogP contribution in [0.15, 0.2) is 91.4 Å². The lowest BCUT2D eigenvalue weighted by molar-refractivity contribution is 0.347. The van der Waals surface area contributed by atoms with Gasteiger partial charge in [0.05, 0.1) is 11.4 Å². The molecule has 0 spiro atoms. The Morgan fingerprint density at radius 1 is 0.967 bits per heavy atom. The lowest BCUT2D eigenvalue weighted by Gasteiger charge is -2.20. The van der Waals surface area contributed by atoms with E-state index in [-0.39, 0.29) is 0 Å². The maximum absolute atomic E-state index is 12.5. The highest BCUT2D eigenvalue weighted by molar-refractivity contribution is 7.52. The van der Waals surface area contributed by atoms with Crippen molar-refractivity contribution in [2.24, 2.45) is 0 Å². The molecule has 152 valence electrons. The van der Waals surface area contributed by atoms with Crippen molar-refractivity contribution in [1.82, 2.24) is 20.1 Å². The van der Waals surface area contributed by atoms with Crippen LogP contribution in [0.3, 0.4) is 0 Å². The molecule has 0 radical (unpaired) electrons. The van der Waals surface area contributed by atoms with E-state index in [2.05, 4.69) is 15.4 Å². The minimum absolute atomic E-state index is 0.305. The normalized spacial score (nSPS) is 12.6. The molecule has 1 atom stereocenters. The molecule has 0 bridgehead atoms. The van der Waals surface area contributed by atoms with Gasteiger partial charge >= 0.3 is 7.60 Å². The summed E-state index contributed by atoms with van der Waals surface area (Å²) in [5.41, 5.74) is 3.29. The summed E-state index contributed by atoms with van der Waals surface area (Å²) in [6, 6.07) is 22.5. The molecule has 30 heavy (non-hydrogen) atoms. The van der Waals surface area contributed by atoms with Crippen LogP contribution in [-0.2, 0) is 11.1 Å². The van der Waals surface area contributed by atoms with E-state index in [4.69, 9.17) is 0 Å². The number of para-hydroxylation sites is 1. The first-order chi connectivity index (χ1) is 14.5. The molecule has 4 rings (SSSR count). The van der Waals surface area contributed by atoms with Crippen LogP contribution in [0, 0.1) is 0 Å². The van der Waals surface area contributed by atoms with Crippen LogP contribution in [0.1, 0.15) is 16.9 Å². The van der Waals surface area contributed by atoms with E-state index in [0.717, 1.165) is 11.3 Å². The third-order valence-electron chi connectivity index (χ3n) is 4.67. The zero-order chi connectivity index (χ0) is 21.0. The summed E-state index contributed by atoms with van der Waals surface area (Å²) < 4.78 is 14.1. The Balaban J connectivity index is 1.78. The molecule has 2 aromatic heterocycles. The van der Waals surface area contributed by atoms with Crippen LogP contribution in [0.4, 0.5) is 0 Å². The fourth-order valence-electron chi connectivity index (χ4n) is 3.25. The highest BCUT2D eigenvalue weighted by atomic mass is 31.2. The predicted molar refractivity (Wildman–Crippen MR) is 115 cm³/mol. The average molecular weight is 420 g/mol. The molecule has 1 unspecified atom stereocenters. The SMILES string of the molecule is O=P(O)(O)C(NCc1ccccc1)c1cn(-c2ccccc2)nc1-c1cccnc1. The van der Waals surface area contributed by atoms with E-state index in [1.807, 2.05) is 66.7 Å². The second-order valence-corrected chi connectivity index (χ2v) is 8.51. The summed E-state index contributed by atoms with van der Waals surface area (Å²) in [7, 11) is -4.55. The molecule has 7 nitrogen and oxygen atoms in total. The van der Waals surface area contributed by atoms with Crippen molar-refractivity contribution in [2.45, 2.75) is 12.3 Å². The van der Waals surface area contributed by atoms with E-state index in [9.17, 15) is 14.4 Å². The molecule has 2 heterocycles. The van der Waals surface area contributed by atoms with E-state index >= 15 is 0 Å². The van der Waals surface area contributed by atoms with Gasteiger partial charge in [0.1, 0.15) is 5.78 Å². The number of hydrogen-bond acceptors (Lipinski definition) is 4. The lowest BCUT2D eigenvalue weighted by atomic mass is 10.1. The number of nitrogens with zero attached hydrogens (tertiary/aromatic N) is 3. The number of benzene rings is 2. The van der Waals surface area contributed by atoms with E-state index in [1.165, 1.54) is 0 Å². The highest BCUT2D eigenvalue weighted by Gasteiger charge is 2.34. The van der Waals surface area contributed by atoms with Crippen molar-refractivity contribution in [1.29, 1.82) is 0 Å². The first kappa shape index (κ1) is 20.2. The Morgan fingerprint density at radius 3 is 2.30 bits per heavy atom. The topological polar surface area (TPSA) is 100 Å². The van der Waals surface area contributed by atoms with Crippen molar-refractivity contribution < 1.29 is 14.4 Å². The lowest BCUT2D eigenvalue weighted by Crippen LogP contribution is -2.21. The fraction of sp³-hybridized carbons (Fsp3) is 0.0909. The molecule has 0 saturated carbocycles. The fourth-order valence-corrected chi connectivity index (χ4v) is 4.13. The van der Waals surface area contributed by atoms with Crippen LogP contribution in [-0.4, -0.2) is 24.6 Å². The van der Waals surface area contributed by atoms with Gasteiger partial charge < -0.3 is 9.79 Å². The van der Waals surface area contributed by atoms with Crippen LogP contribution >= 0.6 is 7.60 Å². The van der Waals surface area contributed by atoms with Crippen molar-refractivity contribution in [3.63, 3.8) is 0 Å². The van der Waals surface area contributed by atoms with E-state index in [1.54, 1.807) is 29.3 Å². The Bertz CT molecular complexity index is 1140. The van der Waals surface area contributed by atoms with Gasteiger partial charge in [-0.3, -0.25) is 14.9 Å². The molecule has 0 saturated heterocycles. The number of hydrogen-bond donors (Lipinski definition) is 3. The summed E-state index contributed by atoms with van der Waals surface area (Å²) >= 11 is 0. The van der Waals surface area contributed by atoms with Crippen LogP contribution in [0.5, 0.6) is 0 Å². The summed E-state index contributed by atoms with van der Waals surface area (Å²) in [4.78, 5) is 24.4. The number of aromatic nitrogens is 3. The summed E-state index contributed by atoms with van der Waals surface area (Å²) in [5, 5.41) is 7.66. The number of nitrogens with one attached hydrogen (secondary N) is 1. The first-order valence-corrected chi connectivity index (χ1v) is 11.1. The van der Waals surface area contributed by atoms with Gasteiger partial charge in [-0.15, -0.1) is 0 Å². The smallest absolute Gasteiger partial charge is 0.323 e. The molecular weight excluding hydrogens is 399 g/mol. The van der Waals surface area contributed by atoms with Gasteiger partial charge in [-0.05, 0) is 29.8 Å². The average Bonchev–Trinajstić information content (AvgIpc) is 3.20. The molecule has 3 N–H and O–H groups in total. The summed E-state index contributed by atoms with van der Waals surface area (Å²) in [6.45, 7) is 0.305. The van der Waals surface area contributed by atoms with E-state index < -0.39 is 13.4 Å². The summed E-state index contributed by atoms with van der Waals surface area (Å²) in [6.07, 6.45) is 4.94. The molecule has 0 fully saturated rings. The molecule has 4 aromatic rings. The maximum atomic E-state index is 12.5. The Labute approximate surface area is 174 Å². The number of pyridine rings is 1. The zero-order valence-corrected chi connectivity index (χ0v) is 16.9. The molecule has 0 aliphatic heterocycles. The van der Waals surface area contributed by atoms with Crippen LogP contribution < -0.4 is 5.32 Å². The van der Waals surface area contributed by atoms with Gasteiger partial charge in [-0.2, -0.15) is 5.10 Å². The van der Waals surface area contributed by atoms with Crippen molar-refractivity contribution in [2.75, 3.05) is 0 Å². The van der Waals surface area contributed by atoms with Gasteiger partial charge in [0.25, 0.3) is 0 Å². The second-order valence-electron chi connectivity index (χ2n) is 6.81. The molecular formula is C22H21N4O3P. The Kier molecular flexibility index (Phi) is 5.88. The van der Waals surface area contributed by atoms with Gasteiger partial charge in [-0.1, -0.05) is 48.5 Å². The minimum Gasteiger partial charge on any atom is -0.323 e. The molecule has 0 aliphatic carbocycles. The van der Waals surface area contributed by atoms with E-state index in [0.29, 0.717) is 23.4 Å². The van der Waals surface area contributed by atoms with Gasteiger partial charge in [0.2, 0.25) is 0 Å². The molecule has 0 amide bonds. The van der Waals surface area contributed by atoms with Gasteiger partial charge in [0.15, 0.2) is 0 Å². The van der Waals surface area contributed by atoms with Crippen LogP contribution in [0.2, 0.25) is 0 Å². The van der Waals surface area contributed by atoms with Gasteiger partial charge in [-0.25, -0.2) is 4.68 Å². The second kappa shape index (κ2) is 8.73. The Morgan fingerprint density at radius 2 is 1.67 bits per heavy atom. The minimum atomic E-state index is -4.55. The third-order valence-corrected chi connectivity index (χ3v) is 5.80. The molecule has 0 aliphatic rings. The Hall–Kier alpha value is -3.09. The van der Waals surface area contributed by atoms with Gasteiger partial charge in [0, 0.05) is 36.3 Å². The monoisotopic (exact) mass is 420 g/mol. The van der Waals surface area contributed by atoms with Crippen molar-refractivity contribution in [3.05, 3.63) is 103 Å². The predicted octanol–water partition coefficient (Wildman–Crippen LogP) is 3.90. The zero-order valence-electron chi connectivity index (χ0n) is 16.0. The number of rotatable bonds is 7. The highest BCUT2D eigenvalue weighted by Crippen LogP contribution is 2.52. The molecule has 8 heteroatoms. The van der Waals surface area contributed by atoms with Crippen molar-refractivity contribution in [3.8, 4) is 16.9 Å². The maximum Gasteiger partial charge on any atom is 0.346 e. The quantitative estimate of drug-likeness (QED) is 0.392. The first-order valence-electron chi connectivity index (χ1n) is 9.40. The van der Waals surface area contributed by atoms with Crippen LogP contribution in [0.25, 0.3) is 16.9 Å². The standard InChI is InChI=1S/C22H21N4O3P/c27-30(28,29)22(24-14-17-8-3-1-4-9-17)20-16-26(19-11-5-2-6-12-19)25-21(20)18-10-7-13-23-15-18/h1-13,15-16,22,24H,14H2,(H2,27,28,29). The van der Waals surface area contributed by atoms with Crippen molar-refractivity contribution >= 4 is 7.60 Å². The largest absolute Gasteiger partial charge is 0.346 e. The third kappa shape index (κ3) is 4.56. The molecule has 2 aromatic carbocycles.